The Kier molecular flexibility index (Phi) is 2.88. The fourth-order valence-corrected chi connectivity index (χ4v) is 1.55. The first-order chi connectivity index (χ1) is 8.45. The number of aryl methyl sites for hydroxylation is 2. The molecule has 0 saturated heterocycles. The molecule has 7 heteroatoms. The molecule has 94 valence electrons. The van der Waals surface area contributed by atoms with Crippen LogP contribution in [0.4, 0.5) is 5.69 Å². The van der Waals surface area contributed by atoms with Crippen molar-refractivity contribution in [3.8, 4) is 17.4 Å². The van der Waals surface area contributed by atoms with Crippen LogP contribution < -0.4 is 4.74 Å². The van der Waals surface area contributed by atoms with E-state index < -0.39 is 4.92 Å². The van der Waals surface area contributed by atoms with Crippen molar-refractivity contribution >= 4 is 5.69 Å². The number of hydrogen-bond donors (Lipinski definition) is 1. The highest BCUT2D eigenvalue weighted by Gasteiger charge is 2.20. The lowest BCUT2D eigenvalue weighted by molar-refractivity contribution is -0.385. The molecule has 1 N–H and O–H groups in total. The summed E-state index contributed by atoms with van der Waals surface area (Å²) < 4.78 is 6.61. The van der Waals surface area contributed by atoms with E-state index in [0.717, 1.165) is 5.56 Å². The molecule has 0 aliphatic rings. The van der Waals surface area contributed by atoms with E-state index in [1.807, 2.05) is 0 Å². The monoisotopic (exact) mass is 249 g/mol. The number of rotatable bonds is 3. The second-order valence-corrected chi connectivity index (χ2v) is 3.86. The molecule has 0 radical (unpaired) electrons. The number of aromatic nitrogens is 2. The molecule has 7 nitrogen and oxygen atoms in total. The Morgan fingerprint density at radius 3 is 2.78 bits per heavy atom. The molecule has 0 fully saturated rings. The van der Waals surface area contributed by atoms with Gasteiger partial charge in [0.25, 0.3) is 0 Å². The Bertz CT molecular complexity index is 586. The third-order valence-electron chi connectivity index (χ3n) is 2.22. The van der Waals surface area contributed by atoms with Crippen molar-refractivity contribution in [1.82, 2.24) is 9.78 Å². The van der Waals surface area contributed by atoms with Gasteiger partial charge in [-0.15, -0.1) is 5.10 Å². The molecule has 0 saturated carbocycles. The van der Waals surface area contributed by atoms with Gasteiger partial charge in [0.1, 0.15) is 17.7 Å². The van der Waals surface area contributed by atoms with Gasteiger partial charge in [0.2, 0.25) is 0 Å². The fourth-order valence-electron chi connectivity index (χ4n) is 1.55. The predicted molar refractivity (Wildman–Crippen MR) is 62.8 cm³/mol. The van der Waals surface area contributed by atoms with Gasteiger partial charge < -0.3 is 9.84 Å². The molecule has 1 aromatic carbocycles. The molecule has 2 rings (SSSR count). The first kappa shape index (κ1) is 11.9. The molecule has 0 aliphatic heterocycles. The van der Waals surface area contributed by atoms with Crippen LogP contribution in [-0.4, -0.2) is 19.8 Å². The highest BCUT2D eigenvalue weighted by atomic mass is 16.6. The third kappa shape index (κ3) is 2.40. The minimum Gasteiger partial charge on any atom is -0.508 e. The summed E-state index contributed by atoms with van der Waals surface area (Å²) in [6.07, 6.45) is 1.25. The molecule has 0 amide bonds. The lowest BCUT2D eigenvalue weighted by atomic mass is 10.2. The maximum atomic E-state index is 10.8. The van der Waals surface area contributed by atoms with E-state index in [2.05, 4.69) is 5.10 Å². The number of benzene rings is 1. The predicted octanol–water partition coefficient (Wildman–Crippen LogP) is 2.13. The molecule has 0 aliphatic carbocycles. The molecule has 1 heterocycles. The number of hydrogen-bond acceptors (Lipinski definition) is 5. The van der Waals surface area contributed by atoms with Crippen LogP contribution in [0, 0.1) is 17.0 Å². The van der Waals surface area contributed by atoms with Gasteiger partial charge in [0.15, 0.2) is 0 Å². The van der Waals surface area contributed by atoms with Crippen LogP contribution in [0.1, 0.15) is 5.56 Å². The molecular weight excluding hydrogens is 238 g/mol. The van der Waals surface area contributed by atoms with Crippen molar-refractivity contribution in [2.24, 2.45) is 7.05 Å². The molecule has 2 aromatic rings. The molecular formula is C11H11N3O4. The van der Waals surface area contributed by atoms with Crippen LogP contribution in [0.3, 0.4) is 0 Å². The lowest BCUT2D eigenvalue weighted by Crippen LogP contribution is -1.92. The Balaban J connectivity index is 2.36. The maximum Gasteiger partial charge on any atom is 0.350 e. The van der Waals surface area contributed by atoms with Gasteiger partial charge in [-0.05, 0) is 24.6 Å². The minimum atomic E-state index is -0.571. The van der Waals surface area contributed by atoms with Crippen molar-refractivity contribution in [2.45, 2.75) is 6.92 Å². The van der Waals surface area contributed by atoms with Crippen molar-refractivity contribution < 1.29 is 14.8 Å². The summed E-state index contributed by atoms with van der Waals surface area (Å²) >= 11 is 0. The van der Waals surface area contributed by atoms with Crippen LogP contribution in [0.15, 0.2) is 24.4 Å². The van der Waals surface area contributed by atoms with E-state index >= 15 is 0 Å². The summed E-state index contributed by atoms with van der Waals surface area (Å²) in [5.41, 5.74) is 0.557. The van der Waals surface area contributed by atoms with Crippen LogP contribution in [0.2, 0.25) is 0 Å². The zero-order chi connectivity index (χ0) is 13.3. The second-order valence-electron chi connectivity index (χ2n) is 3.86. The summed E-state index contributed by atoms with van der Waals surface area (Å²) in [4.78, 5) is 10.2. The molecule has 0 unspecified atom stereocenters. The van der Waals surface area contributed by atoms with E-state index in [4.69, 9.17) is 4.74 Å². The van der Waals surface area contributed by atoms with E-state index in [1.165, 1.54) is 16.9 Å². The van der Waals surface area contributed by atoms with E-state index in [1.54, 1.807) is 26.1 Å². The normalized spacial score (nSPS) is 10.3. The molecule has 0 spiro atoms. The largest absolute Gasteiger partial charge is 0.508 e. The SMILES string of the molecule is Cc1cc(O)cc(Oc2nn(C)cc2[N+](=O)[O-])c1. The Hall–Kier alpha value is -2.57. The molecule has 0 atom stereocenters. The van der Waals surface area contributed by atoms with E-state index in [9.17, 15) is 15.2 Å². The quantitative estimate of drug-likeness (QED) is 0.664. The van der Waals surface area contributed by atoms with Crippen LogP contribution in [0.25, 0.3) is 0 Å². The van der Waals surface area contributed by atoms with Crippen LogP contribution >= 0.6 is 0 Å². The van der Waals surface area contributed by atoms with Gasteiger partial charge in [-0.25, -0.2) is 0 Å². The number of nitrogens with zero attached hydrogens (tertiary/aromatic N) is 3. The summed E-state index contributed by atoms with van der Waals surface area (Å²) in [6.45, 7) is 1.78. The zero-order valence-electron chi connectivity index (χ0n) is 9.82. The Morgan fingerprint density at radius 1 is 1.44 bits per heavy atom. The van der Waals surface area contributed by atoms with Crippen LogP contribution in [-0.2, 0) is 7.05 Å². The van der Waals surface area contributed by atoms with Crippen LogP contribution in [0.5, 0.6) is 17.4 Å². The average Bonchev–Trinajstić information content (AvgIpc) is 2.57. The Morgan fingerprint density at radius 2 is 2.17 bits per heavy atom. The van der Waals surface area contributed by atoms with Crippen molar-refractivity contribution in [2.75, 3.05) is 0 Å². The Labute approximate surface area is 102 Å². The topological polar surface area (TPSA) is 90.4 Å². The summed E-state index contributed by atoms with van der Waals surface area (Å²) in [6, 6.07) is 4.57. The van der Waals surface area contributed by atoms with Crippen molar-refractivity contribution in [3.63, 3.8) is 0 Å². The van der Waals surface area contributed by atoms with E-state index in [0.29, 0.717) is 5.75 Å². The maximum absolute atomic E-state index is 10.8. The van der Waals surface area contributed by atoms with Crippen molar-refractivity contribution in [3.05, 3.63) is 40.1 Å². The number of aromatic hydroxyl groups is 1. The summed E-state index contributed by atoms with van der Waals surface area (Å²) in [5.74, 6) is 0.227. The first-order valence-electron chi connectivity index (χ1n) is 5.12. The lowest BCUT2D eigenvalue weighted by Gasteiger charge is -2.03. The van der Waals surface area contributed by atoms with Gasteiger partial charge in [-0.1, -0.05) is 0 Å². The zero-order valence-corrected chi connectivity index (χ0v) is 9.82. The fraction of sp³-hybridized carbons (Fsp3) is 0.182. The van der Waals surface area contributed by atoms with Crippen molar-refractivity contribution in [1.29, 1.82) is 0 Å². The van der Waals surface area contributed by atoms with Gasteiger partial charge in [0.05, 0.1) is 4.92 Å². The molecule has 1 aromatic heterocycles. The smallest absolute Gasteiger partial charge is 0.350 e. The first-order valence-corrected chi connectivity index (χ1v) is 5.12. The number of nitro groups is 1. The van der Waals surface area contributed by atoms with Gasteiger partial charge in [0, 0.05) is 13.1 Å². The number of phenolic OH excluding ortho intramolecular Hbond substituents is 1. The number of phenols is 1. The molecule has 0 bridgehead atoms. The molecule has 18 heavy (non-hydrogen) atoms. The second kappa shape index (κ2) is 4.36. The average molecular weight is 249 g/mol. The summed E-state index contributed by atoms with van der Waals surface area (Å²) in [5, 5.41) is 24.1. The highest BCUT2D eigenvalue weighted by molar-refractivity contribution is 5.44. The minimum absolute atomic E-state index is 0.0311. The highest BCUT2D eigenvalue weighted by Crippen LogP contribution is 2.31. The third-order valence-corrected chi connectivity index (χ3v) is 2.22. The standard InChI is InChI=1S/C11H11N3O4/c1-7-3-8(15)5-9(4-7)18-11-10(14(16)17)6-13(2)12-11/h3-6,15H,1-2H3. The van der Waals surface area contributed by atoms with Gasteiger partial charge in [-0.3, -0.25) is 14.8 Å². The number of ether oxygens (including phenoxy) is 1. The summed E-state index contributed by atoms with van der Waals surface area (Å²) in [7, 11) is 1.56. The van der Waals surface area contributed by atoms with Gasteiger partial charge in [-0.2, -0.15) is 0 Å². The van der Waals surface area contributed by atoms with Gasteiger partial charge >= 0.3 is 11.6 Å². The van der Waals surface area contributed by atoms with E-state index in [-0.39, 0.29) is 17.3 Å².